The lowest BCUT2D eigenvalue weighted by Crippen LogP contribution is -2.05. The molecular weight excluding hydrogens is 381 g/mol. The van der Waals surface area contributed by atoms with Gasteiger partial charge >= 0.3 is 0 Å². The molecular formula is C25H20FNO3. The monoisotopic (exact) mass is 401 g/mol. The van der Waals surface area contributed by atoms with E-state index in [0.29, 0.717) is 30.3 Å². The van der Waals surface area contributed by atoms with Gasteiger partial charge in [-0.3, -0.25) is 4.79 Å². The van der Waals surface area contributed by atoms with Gasteiger partial charge in [-0.25, -0.2) is 4.39 Å². The van der Waals surface area contributed by atoms with Crippen molar-refractivity contribution in [3.05, 3.63) is 101 Å². The quantitative estimate of drug-likeness (QED) is 0.280. The van der Waals surface area contributed by atoms with Crippen LogP contribution in [0, 0.1) is 17.1 Å². The molecule has 5 heteroatoms. The van der Waals surface area contributed by atoms with Gasteiger partial charge in [-0.05, 0) is 48.4 Å². The molecule has 0 aliphatic heterocycles. The summed E-state index contributed by atoms with van der Waals surface area (Å²) in [6.07, 6.45) is 1.41. The van der Waals surface area contributed by atoms with Gasteiger partial charge in [-0.15, -0.1) is 0 Å². The molecule has 0 N–H and O–H groups in total. The van der Waals surface area contributed by atoms with E-state index in [-0.39, 0.29) is 11.1 Å². The van der Waals surface area contributed by atoms with E-state index in [1.54, 1.807) is 24.3 Å². The van der Waals surface area contributed by atoms with Gasteiger partial charge in [0.1, 0.15) is 24.1 Å². The molecule has 0 saturated carbocycles. The number of benzene rings is 3. The summed E-state index contributed by atoms with van der Waals surface area (Å²) in [6.45, 7) is 2.66. The van der Waals surface area contributed by atoms with Crippen molar-refractivity contribution in [1.29, 1.82) is 5.26 Å². The van der Waals surface area contributed by atoms with Crippen LogP contribution in [-0.2, 0) is 6.61 Å². The Morgan fingerprint density at radius 1 is 1.00 bits per heavy atom. The van der Waals surface area contributed by atoms with Crippen LogP contribution < -0.4 is 9.47 Å². The van der Waals surface area contributed by atoms with Gasteiger partial charge in [-0.1, -0.05) is 48.5 Å². The highest BCUT2D eigenvalue weighted by molar-refractivity contribution is 6.14. The topological polar surface area (TPSA) is 59.3 Å². The van der Waals surface area contributed by atoms with Crippen LogP contribution >= 0.6 is 0 Å². The molecule has 0 unspecified atom stereocenters. The van der Waals surface area contributed by atoms with Crippen molar-refractivity contribution < 1.29 is 18.7 Å². The molecule has 3 aromatic rings. The minimum absolute atomic E-state index is 0.141. The van der Waals surface area contributed by atoms with E-state index in [4.69, 9.17) is 9.47 Å². The van der Waals surface area contributed by atoms with Gasteiger partial charge in [0.05, 0.1) is 12.2 Å². The number of carbonyl (C=O) groups excluding carboxylic acids is 1. The van der Waals surface area contributed by atoms with E-state index in [2.05, 4.69) is 0 Å². The van der Waals surface area contributed by atoms with Crippen molar-refractivity contribution in [1.82, 2.24) is 0 Å². The summed E-state index contributed by atoms with van der Waals surface area (Å²) in [5, 5.41) is 9.43. The van der Waals surface area contributed by atoms with E-state index >= 15 is 0 Å². The lowest BCUT2D eigenvalue weighted by Gasteiger charge is -2.13. The largest absolute Gasteiger partial charge is 0.490 e. The maximum atomic E-state index is 13.9. The zero-order valence-corrected chi connectivity index (χ0v) is 16.5. The zero-order valence-electron chi connectivity index (χ0n) is 16.5. The molecule has 0 radical (unpaired) electrons. The number of Topliss-reactive ketones (excluding diaryl/α,β-unsaturated/α-hetero) is 1. The van der Waals surface area contributed by atoms with Gasteiger partial charge in [0.15, 0.2) is 11.5 Å². The number of hydrogen-bond acceptors (Lipinski definition) is 4. The number of carbonyl (C=O) groups is 1. The Morgan fingerprint density at radius 2 is 1.73 bits per heavy atom. The standard InChI is InChI=1S/C25H20FNO3/c1-2-29-24-15-19(12-13-23(24)30-17-18-8-4-3-5-9-18)14-20(16-27)25(28)21-10-6-7-11-22(21)26/h3-15H,2,17H2,1H3/b20-14+. The molecule has 3 rings (SSSR count). The Balaban J connectivity index is 1.86. The van der Waals surface area contributed by atoms with Crippen molar-refractivity contribution in [2.75, 3.05) is 6.61 Å². The summed E-state index contributed by atoms with van der Waals surface area (Å²) in [6, 6.07) is 22.3. The van der Waals surface area contributed by atoms with Crippen LogP contribution in [0.25, 0.3) is 6.08 Å². The maximum Gasteiger partial charge on any atom is 0.206 e. The first-order valence-corrected chi connectivity index (χ1v) is 9.47. The summed E-state index contributed by atoms with van der Waals surface area (Å²) in [7, 11) is 0. The second kappa shape index (κ2) is 10.0. The van der Waals surface area contributed by atoms with E-state index < -0.39 is 11.6 Å². The van der Waals surface area contributed by atoms with E-state index in [0.717, 1.165) is 5.56 Å². The normalized spacial score (nSPS) is 10.9. The fraction of sp³-hybridized carbons (Fsp3) is 0.120. The maximum absolute atomic E-state index is 13.9. The third kappa shape index (κ3) is 5.12. The Labute approximate surface area is 174 Å². The highest BCUT2D eigenvalue weighted by Crippen LogP contribution is 2.30. The second-order valence-electron chi connectivity index (χ2n) is 6.39. The molecule has 0 heterocycles. The molecule has 4 nitrogen and oxygen atoms in total. The Morgan fingerprint density at radius 3 is 2.43 bits per heavy atom. The number of ketones is 1. The minimum Gasteiger partial charge on any atom is -0.490 e. The number of rotatable bonds is 8. The number of halogens is 1. The van der Waals surface area contributed by atoms with Crippen LogP contribution in [-0.4, -0.2) is 12.4 Å². The second-order valence-corrected chi connectivity index (χ2v) is 6.39. The van der Waals surface area contributed by atoms with E-state index in [9.17, 15) is 14.4 Å². The molecule has 0 fully saturated rings. The Bertz CT molecular complexity index is 1100. The highest BCUT2D eigenvalue weighted by Gasteiger charge is 2.16. The lowest BCUT2D eigenvalue weighted by molar-refractivity contribution is 0.103. The number of ether oxygens (including phenoxy) is 2. The predicted molar refractivity (Wildman–Crippen MR) is 113 cm³/mol. The van der Waals surface area contributed by atoms with Gasteiger partial charge in [0, 0.05) is 0 Å². The van der Waals surface area contributed by atoms with Crippen molar-refractivity contribution in [3.63, 3.8) is 0 Å². The molecule has 0 saturated heterocycles. The molecule has 0 aromatic heterocycles. The number of allylic oxidation sites excluding steroid dienone is 1. The number of nitriles is 1. The summed E-state index contributed by atoms with van der Waals surface area (Å²) in [5.74, 6) is -0.282. The summed E-state index contributed by atoms with van der Waals surface area (Å²) >= 11 is 0. The van der Waals surface area contributed by atoms with Gasteiger partial charge in [0.25, 0.3) is 0 Å². The third-order valence-corrected chi connectivity index (χ3v) is 4.30. The molecule has 0 aliphatic carbocycles. The molecule has 0 bridgehead atoms. The summed E-state index contributed by atoms with van der Waals surface area (Å²) < 4.78 is 25.5. The minimum atomic E-state index is -0.669. The number of nitrogens with zero attached hydrogens (tertiary/aromatic N) is 1. The first-order valence-electron chi connectivity index (χ1n) is 9.47. The van der Waals surface area contributed by atoms with Gasteiger partial charge < -0.3 is 9.47 Å². The Kier molecular flexibility index (Phi) is 6.96. The van der Waals surface area contributed by atoms with Crippen molar-refractivity contribution in [2.24, 2.45) is 0 Å². The van der Waals surface area contributed by atoms with Crippen LogP contribution in [0.1, 0.15) is 28.4 Å². The summed E-state index contributed by atoms with van der Waals surface area (Å²) in [4.78, 5) is 12.6. The average molecular weight is 401 g/mol. The Hall–Kier alpha value is -3.91. The van der Waals surface area contributed by atoms with Gasteiger partial charge in [-0.2, -0.15) is 5.26 Å². The van der Waals surface area contributed by atoms with E-state index in [1.165, 1.54) is 24.3 Å². The molecule has 0 aliphatic rings. The molecule has 3 aromatic carbocycles. The molecule has 0 atom stereocenters. The van der Waals surface area contributed by atoms with Crippen LogP contribution in [0.4, 0.5) is 4.39 Å². The van der Waals surface area contributed by atoms with Crippen LogP contribution in [0.15, 0.2) is 78.4 Å². The third-order valence-electron chi connectivity index (χ3n) is 4.30. The predicted octanol–water partition coefficient (Wildman–Crippen LogP) is 5.59. The average Bonchev–Trinajstić information content (AvgIpc) is 2.77. The lowest BCUT2D eigenvalue weighted by atomic mass is 10.0. The van der Waals surface area contributed by atoms with Crippen molar-refractivity contribution >= 4 is 11.9 Å². The molecule has 0 amide bonds. The first kappa shape index (κ1) is 20.8. The zero-order chi connectivity index (χ0) is 21.3. The van der Waals surface area contributed by atoms with Crippen LogP contribution in [0.5, 0.6) is 11.5 Å². The fourth-order valence-electron chi connectivity index (χ4n) is 2.84. The SMILES string of the molecule is CCOc1cc(/C=C(\C#N)C(=O)c2ccccc2F)ccc1OCc1ccccc1. The van der Waals surface area contributed by atoms with Crippen LogP contribution in [0.2, 0.25) is 0 Å². The van der Waals surface area contributed by atoms with Crippen molar-refractivity contribution in [3.8, 4) is 17.6 Å². The smallest absolute Gasteiger partial charge is 0.206 e. The molecule has 30 heavy (non-hydrogen) atoms. The highest BCUT2D eigenvalue weighted by atomic mass is 19.1. The number of hydrogen-bond donors (Lipinski definition) is 0. The molecule has 0 spiro atoms. The van der Waals surface area contributed by atoms with Gasteiger partial charge in [0.2, 0.25) is 5.78 Å². The van der Waals surface area contributed by atoms with Crippen LogP contribution in [0.3, 0.4) is 0 Å². The van der Waals surface area contributed by atoms with Crippen molar-refractivity contribution in [2.45, 2.75) is 13.5 Å². The molecule has 150 valence electrons. The first-order chi connectivity index (χ1) is 14.6. The summed E-state index contributed by atoms with van der Waals surface area (Å²) in [5.41, 5.74) is 1.29. The van der Waals surface area contributed by atoms with E-state index in [1.807, 2.05) is 43.3 Å². The fourth-order valence-corrected chi connectivity index (χ4v) is 2.84.